The molecule has 5 heteroatoms. The van der Waals surface area contributed by atoms with E-state index in [0.717, 1.165) is 45.4 Å². The Kier molecular flexibility index (Phi) is 4.36. The van der Waals surface area contributed by atoms with Gasteiger partial charge in [0.05, 0.1) is 5.60 Å². The number of carbonyl (C=O) groups is 1. The van der Waals surface area contributed by atoms with Crippen LogP contribution in [0.4, 0.5) is 0 Å². The highest BCUT2D eigenvalue weighted by Crippen LogP contribution is 2.27. The Balaban J connectivity index is 1.88. The number of morpholine rings is 1. The second-order valence-electron chi connectivity index (χ2n) is 4.88. The molecule has 0 radical (unpaired) electrons. The molecule has 0 unspecified atom stereocenters. The van der Waals surface area contributed by atoms with Crippen molar-refractivity contribution in [3.63, 3.8) is 0 Å². The highest BCUT2D eigenvalue weighted by Gasteiger charge is 2.40. The minimum atomic E-state index is -0.0910. The zero-order valence-corrected chi connectivity index (χ0v) is 10.5. The third kappa shape index (κ3) is 3.18. The van der Waals surface area contributed by atoms with Crippen LogP contribution >= 0.6 is 0 Å². The van der Waals surface area contributed by atoms with Crippen molar-refractivity contribution < 1.29 is 14.3 Å². The summed E-state index contributed by atoms with van der Waals surface area (Å²) < 4.78 is 10.8. The third-order valence-corrected chi connectivity index (χ3v) is 3.62. The average Bonchev–Trinajstić information content (AvgIpc) is 2.35. The SMILES string of the molecule is COCCCN1CC2(CCNCC2)OCC1=O. The molecule has 0 bridgehead atoms. The molecule has 2 rings (SSSR count). The predicted molar refractivity (Wildman–Crippen MR) is 63.9 cm³/mol. The minimum absolute atomic E-state index is 0.0910. The van der Waals surface area contributed by atoms with E-state index in [1.54, 1.807) is 7.11 Å². The molecular formula is C12H22N2O3. The van der Waals surface area contributed by atoms with Crippen LogP contribution in [0.1, 0.15) is 19.3 Å². The molecule has 2 heterocycles. The molecule has 98 valence electrons. The average molecular weight is 242 g/mol. The van der Waals surface area contributed by atoms with Crippen molar-refractivity contribution in [1.29, 1.82) is 0 Å². The number of ether oxygens (including phenoxy) is 2. The molecule has 0 aromatic carbocycles. The molecule has 5 nitrogen and oxygen atoms in total. The maximum atomic E-state index is 11.8. The lowest BCUT2D eigenvalue weighted by atomic mass is 9.90. The van der Waals surface area contributed by atoms with Crippen molar-refractivity contribution in [1.82, 2.24) is 10.2 Å². The molecule has 0 atom stereocenters. The van der Waals surface area contributed by atoms with E-state index in [-0.39, 0.29) is 18.1 Å². The van der Waals surface area contributed by atoms with Crippen LogP contribution in [-0.4, -0.2) is 62.9 Å². The van der Waals surface area contributed by atoms with E-state index in [1.165, 1.54) is 0 Å². The first-order valence-electron chi connectivity index (χ1n) is 6.37. The van der Waals surface area contributed by atoms with Crippen LogP contribution in [0.2, 0.25) is 0 Å². The minimum Gasteiger partial charge on any atom is -0.385 e. The summed E-state index contributed by atoms with van der Waals surface area (Å²) in [5, 5.41) is 3.33. The van der Waals surface area contributed by atoms with Gasteiger partial charge >= 0.3 is 0 Å². The summed E-state index contributed by atoms with van der Waals surface area (Å²) in [5.74, 6) is 0.116. The van der Waals surface area contributed by atoms with E-state index >= 15 is 0 Å². The number of methoxy groups -OCH3 is 1. The van der Waals surface area contributed by atoms with Gasteiger partial charge in [-0.3, -0.25) is 4.79 Å². The zero-order chi connectivity index (χ0) is 12.1. The Morgan fingerprint density at radius 2 is 2.24 bits per heavy atom. The highest BCUT2D eigenvalue weighted by molar-refractivity contribution is 5.78. The van der Waals surface area contributed by atoms with E-state index in [4.69, 9.17) is 9.47 Å². The van der Waals surface area contributed by atoms with Gasteiger partial charge in [-0.2, -0.15) is 0 Å². The summed E-state index contributed by atoms with van der Waals surface area (Å²) in [7, 11) is 1.69. The van der Waals surface area contributed by atoms with Crippen LogP contribution in [0.5, 0.6) is 0 Å². The quantitative estimate of drug-likeness (QED) is 0.705. The van der Waals surface area contributed by atoms with E-state index in [2.05, 4.69) is 5.32 Å². The molecule has 0 aromatic heterocycles. The fraction of sp³-hybridized carbons (Fsp3) is 0.917. The van der Waals surface area contributed by atoms with E-state index in [9.17, 15) is 4.79 Å². The van der Waals surface area contributed by atoms with Gasteiger partial charge in [0.1, 0.15) is 6.61 Å². The van der Waals surface area contributed by atoms with Crippen LogP contribution in [0.25, 0.3) is 0 Å². The first-order valence-corrected chi connectivity index (χ1v) is 6.37. The summed E-state index contributed by atoms with van der Waals surface area (Å²) in [6.07, 6.45) is 2.90. The molecular weight excluding hydrogens is 220 g/mol. The Morgan fingerprint density at radius 1 is 1.47 bits per heavy atom. The third-order valence-electron chi connectivity index (χ3n) is 3.62. The second kappa shape index (κ2) is 5.80. The number of hydrogen-bond acceptors (Lipinski definition) is 4. The van der Waals surface area contributed by atoms with Crippen molar-refractivity contribution >= 4 is 5.91 Å². The van der Waals surface area contributed by atoms with Gasteiger partial charge in [-0.05, 0) is 32.4 Å². The Morgan fingerprint density at radius 3 is 2.94 bits per heavy atom. The number of rotatable bonds is 4. The van der Waals surface area contributed by atoms with Crippen molar-refractivity contribution in [2.45, 2.75) is 24.9 Å². The molecule has 0 aromatic rings. The molecule has 2 fully saturated rings. The monoisotopic (exact) mass is 242 g/mol. The Bertz CT molecular complexity index is 264. The van der Waals surface area contributed by atoms with Gasteiger partial charge in [-0.15, -0.1) is 0 Å². The molecule has 17 heavy (non-hydrogen) atoms. The van der Waals surface area contributed by atoms with Crippen LogP contribution in [-0.2, 0) is 14.3 Å². The Labute approximate surface area is 102 Å². The lowest BCUT2D eigenvalue weighted by Gasteiger charge is -2.44. The van der Waals surface area contributed by atoms with Gasteiger partial charge in [0.2, 0.25) is 5.91 Å². The van der Waals surface area contributed by atoms with Gasteiger partial charge in [0, 0.05) is 26.8 Å². The summed E-state index contributed by atoms with van der Waals surface area (Å²) in [6, 6.07) is 0. The summed E-state index contributed by atoms with van der Waals surface area (Å²) in [4.78, 5) is 13.7. The number of nitrogens with zero attached hydrogens (tertiary/aromatic N) is 1. The van der Waals surface area contributed by atoms with Crippen LogP contribution < -0.4 is 5.32 Å². The van der Waals surface area contributed by atoms with Crippen LogP contribution in [0.3, 0.4) is 0 Å². The van der Waals surface area contributed by atoms with Crippen LogP contribution in [0.15, 0.2) is 0 Å². The normalized spacial score (nSPS) is 24.3. The number of amides is 1. The lowest BCUT2D eigenvalue weighted by molar-refractivity contribution is -0.168. The molecule has 0 aliphatic carbocycles. The van der Waals surface area contributed by atoms with Gasteiger partial charge in [0.25, 0.3) is 0 Å². The lowest BCUT2D eigenvalue weighted by Crippen LogP contribution is -2.58. The zero-order valence-electron chi connectivity index (χ0n) is 10.5. The summed E-state index contributed by atoms with van der Waals surface area (Å²) >= 11 is 0. The van der Waals surface area contributed by atoms with E-state index in [0.29, 0.717) is 6.61 Å². The maximum absolute atomic E-state index is 11.8. The van der Waals surface area contributed by atoms with Crippen molar-refractivity contribution in [3.8, 4) is 0 Å². The largest absolute Gasteiger partial charge is 0.385 e. The molecule has 1 amide bonds. The first kappa shape index (κ1) is 12.8. The maximum Gasteiger partial charge on any atom is 0.248 e. The van der Waals surface area contributed by atoms with Crippen molar-refractivity contribution in [2.75, 3.05) is 46.5 Å². The fourth-order valence-electron chi connectivity index (χ4n) is 2.58. The van der Waals surface area contributed by atoms with Crippen LogP contribution in [0, 0.1) is 0 Å². The topological polar surface area (TPSA) is 50.8 Å². The summed E-state index contributed by atoms with van der Waals surface area (Å²) in [5.41, 5.74) is -0.0910. The molecule has 0 saturated carbocycles. The molecule has 1 N–H and O–H groups in total. The molecule has 1 spiro atoms. The van der Waals surface area contributed by atoms with Crippen molar-refractivity contribution in [3.05, 3.63) is 0 Å². The van der Waals surface area contributed by atoms with Gasteiger partial charge in [-0.25, -0.2) is 0 Å². The first-order chi connectivity index (χ1) is 8.26. The van der Waals surface area contributed by atoms with Gasteiger partial charge in [0.15, 0.2) is 0 Å². The number of nitrogens with one attached hydrogen (secondary N) is 1. The van der Waals surface area contributed by atoms with Gasteiger partial charge < -0.3 is 19.7 Å². The smallest absolute Gasteiger partial charge is 0.248 e. The Hall–Kier alpha value is -0.650. The predicted octanol–water partition coefficient (Wildman–Crippen LogP) is 0.00390. The number of carbonyl (C=O) groups excluding carboxylic acids is 1. The van der Waals surface area contributed by atoms with Gasteiger partial charge in [-0.1, -0.05) is 0 Å². The molecule has 2 aliphatic rings. The summed E-state index contributed by atoms with van der Waals surface area (Å²) in [6.45, 7) is 4.45. The van der Waals surface area contributed by atoms with E-state index < -0.39 is 0 Å². The van der Waals surface area contributed by atoms with E-state index in [1.807, 2.05) is 4.90 Å². The fourth-order valence-corrected chi connectivity index (χ4v) is 2.58. The number of piperidine rings is 1. The molecule has 2 aliphatic heterocycles. The second-order valence-corrected chi connectivity index (χ2v) is 4.88. The highest BCUT2D eigenvalue weighted by atomic mass is 16.5. The molecule has 2 saturated heterocycles. The number of hydrogen-bond donors (Lipinski definition) is 1. The van der Waals surface area contributed by atoms with Crippen molar-refractivity contribution in [2.24, 2.45) is 0 Å². The standard InChI is InChI=1S/C12H22N2O3/c1-16-8-2-7-14-10-12(17-9-11(14)15)3-5-13-6-4-12/h13H,2-10H2,1H3.